The molecule has 6 nitrogen and oxygen atoms in total. The summed E-state index contributed by atoms with van der Waals surface area (Å²) in [5.41, 5.74) is 6.01. The second-order valence-corrected chi connectivity index (χ2v) is 6.44. The Kier molecular flexibility index (Phi) is 4.15. The number of rotatable bonds is 4. The molecule has 0 bridgehead atoms. The molecule has 0 unspecified atom stereocenters. The van der Waals surface area contributed by atoms with Crippen LogP contribution in [0.4, 0.5) is 11.5 Å². The van der Waals surface area contributed by atoms with Crippen molar-refractivity contribution in [2.24, 2.45) is 0 Å². The van der Waals surface area contributed by atoms with E-state index >= 15 is 0 Å². The number of methoxy groups -OCH3 is 1. The van der Waals surface area contributed by atoms with Crippen LogP contribution in [0.5, 0.6) is 5.75 Å². The summed E-state index contributed by atoms with van der Waals surface area (Å²) in [4.78, 5) is 3.72. The second-order valence-electron chi connectivity index (χ2n) is 3.87. The van der Waals surface area contributed by atoms with E-state index in [2.05, 4.69) is 25.6 Å². The highest BCUT2D eigenvalue weighted by molar-refractivity contribution is 9.10. The van der Waals surface area contributed by atoms with Crippen molar-refractivity contribution in [1.82, 2.24) is 4.98 Å². The molecule has 106 valence electrons. The molecule has 3 N–H and O–H groups in total. The minimum Gasteiger partial charge on any atom is -0.497 e. The van der Waals surface area contributed by atoms with E-state index in [1.165, 1.54) is 19.4 Å². The zero-order valence-electron chi connectivity index (χ0n) is 10.5. The van der Waals surface area contributed by atoms with Crippen molar-refractivity contribution >= 4 is 37.5 Å². The molecule has 0 fully saturated rings. The molecular weight excluding hydrogens is 346 g/mol. The van der Waals surface area contributed by atoms with Crippen molar-refractivity contribution in [1.29, 1.82) is 0 Å². The second kappa shape index (κ2) is 5.68. The number of hydrogen-bond donors (Lipinski definition) is 2. The Morgan fingerprint density at radius 3 is 2.55 bits per heavy atom. The lowest BCUT2D eigenvalue weighted by Gasteiger charge is -2.10. The van der Waals surface area contributed by atoms with Gasteiger partial charge in [-0.2, -0.15) is 0 Å². The normalized spacial score (nSPS) is 11.1. The van der Waals surface area contributed by atoms with E-state index in [9.17, 15) is 8.42 Å². The summed E-state index contributed by atoms with van der Waals surface area (Å²) >= 11 is 3.17. The highest BCUT2D eigenvalue weighted by atomic mass is 79.9. The van der Waals surface area contributed by atoms with Gasteiger partial charge in [-0.15, -0.1) is 0 Å². The number of nitrogen functional groups attached to an aromatic ring is 1. The van der Waals surface area contributed by atoms with E-state index in [4.69, 9.17) is 10.5 Å². The molecule has 20 heavy (non-hydrogen) atoms. The monoisotopic (exact) mass is 357 g/mol. The van der Waals surface area contributed by atoms with Crippen molar-refractivity contribution in [2.45, 2.75) is 4.90 Å². The predicted molar refractivity (Wildman–Crippen MR) is 80.2 cm³/mol. The Hall–Kier alpha value is -1.80. The summed E-state index contributed by atoms with van der Waals surface area (Å²) in [7, 11) is -2.26. The van der Waals surface area contributed by atoms with Gasteiger partial charge in [-0.25, -0.2) is 13.4 Å². The first-order valence-corrected chi connectivity index (χ1v) is 7.78. The molecule has 0 aliphatic carbocycles. The Morgan fingerprint density at radius 1 is 1.30 bits per heavy atom. The molecule has 0 atom stereocenters. The van der Waals surface area contributed by atoms with Gasteiger partial charge >= 0.3 is 0 Å². The van der Waals surface area contributed by atoms with Gasteiger partial charge in [0.15, 0.2) is 0 Å². The molecule has 0 aliphatic heterocycles. The number of nitrogens with two attached hydrogens (primary N) is 1. The average Bonchev–Trinajstić information content (AvgIpc) is 2.42. The molecule has 0 saturated carbocycles. The molecular formula is C12H12BrN3O3S. The van der Waals surface area contributed by atoms with Gasteiger partial charge in [-0.1, -0.05) is 0 Å². The first kappa shape index (κ1) is 14.6. The fraction of sp³-hybridized carbons (Fsp3) is 0.0833. The van der Waals surface area contributed by atoms with Crippen LogP contribution in [0.15, 0.2) is 45.9 Å². The summed E-state index contributed by atoms with van der Waals surface area (Å²) in [6.07, 6.45) is 1.43. The van der Waals surface area contributed by atoms with Gasteiger partial charge in [0.2, 0.25) is 0 Å². The van der Waals surface area contributed by atoms with E-state index in [0.717, 1.165) is 0 Å². The Bertz CT molecular complexity index is 717. The molecule has 0 spiro atoms. The first-order valence-electron chi connectivity index (χ1n) is 5.50. The number of nitrogens with one attached hydrogen (secondary N) is 1. The van der Waals surface area contributed by atoms with E-state index < -0.39 is 10.0 Å². The minimum atomic E-state index is -3.79. The summed E-state index contributed by atoms with van der Waals surface area (Å²) in [6, 6.07) is 7.89. The van der Waals surface area contributed by atoms with Crippen molar-refractivity contribution < 1.29 is 13.2 Å². The first-order chi connectivity index (χ1) is 9.42. The van der Waals surface area contributed by atoms with Crippen LogP contribution in [-0.2, 0) is 10.0 Å². The standard InChI is InChI=1S/C12H12BrN3O3S/c1-19-10-4-2-9(3-5-10)16-20(17,18)11-6-8(13)7-15-12(11)14/h2-7,16H,1H3,(H2,14,15). The number of aromatic nitrogens is 1. The highest BCUT2D eigenvalue weighted by Gasteiger charge is 2.19. The van der Waals surface area contributed by atoms with Gasteiger partial charge in [-0.05, 0) is 46.3 Å². The molecule has 8 heteroatoms. The number of halogens is 1. The van der Waals surface area contributed by atoms with Crippen LogP contribution in [0.2, 0.25) is 0 Å². The molecule has 0 radical (unpaired) electrons. The lowest BCUT2D eigenvalue weighted by Crippen LogP contribution is -2.15. The molecule has 1 aromatic heterocycles. The summed E-state index contributed by atoms with van der Waals surface area (Å²) in [5.74, 6) is 0.575. The van der Waals surface area contributed by atoms with Gasteiger partial charge in [0, 0.05) is 16.4 Å². The topological polar surface area (TPSA) is 94.3 Å². The molecule has 0 amide bonds. The quantitative estimate of drug-likeness (QED) is 0.874. The number of benzene rings is 1. The van der Waals surface area contributed by atoms with E-state index in [1.807, 2.05) is 0 Å². The molecule has 1 aromatic carbocycles. The number of nitrogens with zero attached hydrogens (tertiary/aromatic N) is 1. The largest absolute Gasteiger partial charge is 0.497 e. The number of hydrogen-bond acceptors (Lipinski definition) is 5. The summed E-state index contributed by atoms with van der Waals surface area (Å²) in [5, 5.41) is 0. The lowest BCUT2D eigenvalue weighted by atomic mass is 10.3. The van der Waals surface area contributed by atoms with Gasteiger partial charge < -0.3 is 10.5 Å². The third-order valence-electron chi connectivity index (χ3n) is 2.48. The summed E-state index contributed by atoms with van der Waals surface area (Å²) in [6.45, 7) is 0. The summed E-state index contributed by atoms with van der Waals surface area (Å²) < 4.78 is 32.5. The van der Waals surface area contributed by atoms with Gasteiger partial charge in [0.25, 0.3) is 10.0 Å². The zero-order chi connectivity index (χ0) is 14.8. The van der Waals surface area contributed by atoms with Crippen LogP contribution in [0.25, 0.3) is 0 Å². The van der Waals surface area contributed by atoms with Crippen LogP contribution >= 0.6 is 15.9 Å². The third-order valence-corrected chi connectivity index (χ3v) is 4.32. The highest BCUT2D eigenvalue weighted by Crippen LogP contribution is 2.24. The molecule has 1 heterocycles. The van der Waals surface area contributed by atoms with Crippen molar-refractivity contribution in [2.75, 3.05) is 17.6 Å². The van der Waals surface area contributed by atoms with Gasteiger partial charge in [0.05, 0.1) is 7.11 Å². The molecule has 0 saturated heterocycles. The zero-order valence-corrected chi connectivity index (χ0v) is 12.9. The van der Waals surface area contributed by atoms with Crippen LogP contribution in [0.1, 0.15) is 0 Å². The Balaban J connectivity index is 2.32. The fourth-order valence-corrected chi connectivity index (χ4v) is 3.17. The van der Waals surface area contributed by atoms with Crippen LogP contribution in [-0.4, -0.2) is 20.5 Å². The van der Waals surface area contributed by atoms with E-state index in [-0.39, 0.29) is 10.7 Å². The maximum Gasteiger partial charge on any atom is 0.265 e. The number of anilines is 2. The van der Waals surface area contributed by atoms with Gasteiger partial charge in [0.1, 0.15) is 16.5 Å². The van der Waals surface area contributed by atoms with Gasteiger partial charge in [-0.3, -0.25) is 4.72 Å². The third kappa shape index (κ3) is 3.20. The van der Waals surface area contributed by atoms with Crippen LogP contribution in [0, 0.1) is 0 Å². The number of sulfonamides is 1. The smallest absolute Gasteiger partial charge is 0.265 e. The Labute approximate surface area is 125 Å². The van der Waals surface area contributed by atoms with Crippen molar-refractivity contribution in [3.63, 3.8) is 0 Å². The minimum absolute atomic E-state index is 0.0609. The van der Waals surface area contributed by atoms with Crippen molar-refractivity contribution in [3.8, 4) is 5.75 Å². The van der Waals surface area contributed by atoms with Crippen molar-refractivity contribution in [3.05, 3.63) is 41.0 Å². The van der Waals surface area contributed by atoms with Crippen LogP contribution < -0.4 is 15.2 Å². The Morgan fingerprint density at radius 2 is 1.95 bits per heavy atom. The van der Waals surface area contributed by atoms with Crippen LogP contribution in [0.3, 0.4) is 0 Å². The molecule has 2 aromatic rings. The van der Waals surface area contributed by atoms with E-state index in [0.29, 0.717) is 15.9 Å². The van der Waals surface area contributed by atoms with E-state index in [1.54, 1.807) is 24.3 Å². The number of pyridine rings is 1. The SMILES string of the molecule is COc1ccc(NS(=O)(=O)c2cc(Br)cnc2N)cc1. The predicted octanol–water partition coefficient (Wildman–Crippen LogP) is 2.24. The number of ether oxygens (including phenoxy) is 1. The maximum absolute atomic E-state index is 12.2. The fourth-order valence-electron chi connectivity index (χ4n) is 1.52. The average molecular weight is 358 g/mol. The molecule has 2 rings (SSSR count). The molecule has 0 aliphatic rings. The maximum atomic E-state index is 12.2. The lowest BCUT2D eigenvalue weighted by molar-refractivity contribution is 0.415.